The van der Waals surface area contributed by atoms with Crippen LogP contribution in [0, 0.1) is 0 Å². The average Bonchev–Trinajstić information content (AvgIpc) is 2.97. The summed E-state index contributed by atoms with van der Waals surface area (Å²) in [6.45, 7) is 3.51. The topological polar surface area (TPSA) is 74.3 Å². The Morgan fingerprint density at radius 2 is 2.14 bits per heavy atom. The summed E-state index contributed by atoms with van der Waals surface area (Å²) < 4.78 is 0. The fraction of sp³-hybridized carbons (Fsp3) is 0.267. The van der Waals surface area contributed by atoms with Gasteiger partial charge in [0.05, 0.1) is 0 Å². The molecule has 2 aromatic rings. The van der Waals surface area contributed by atoms with Gasteiger partial charge in [0.2, 0.25) is 5.91 Å². The van der Waals surface area contributed by atoms with Crippen LogP contribution in [0.5, 0.6) is 0 Å². The second-order valence-corrected chi connectivity index (χ2v) is 5.72. The molecule has 0 spiro atoms. The lowest BCUT2D eigenvalue weighted by Gasteiger charge is -2.30. The van der Waals surface area contributed by atoms with E-state index in [2.05, 4.69) is 15.6 Å². The van der Waals surface area contributed by atoms with Crippen molar-refractivity contribution < 1.29 is 9.59 Å². The molecule has 1 aromatic heterocycles. The van der Waals surface area contributed by atoms with Crippen LogP contribution in [0.25, 0.3) is 0 Å². The summed E-state index contributed by atoms with van der Waals surface area (Å²) in [5.74, 6) is -0.108. The first kappa shape index (κ1) is 14.5. The number of aromatic nitrogens is 1. The van der Waals surface area contributed by atoms with Crippen LogP contribution in [-0.2, 0) is 4.79 Å². The van der Waals surface area contributed by atoms with E-state index in [1.165, 1.54) is 11.3 Å². The van der Waals surface area contributed by atoms with E-state index in [0.717, 1.165) is 23.9 Å². The number of carbonyl (C=O) groups excluding carboxylic acids is 2. The van der Waals surface area contributed by atoms with Crippen LogP contribution in [0.3, 0.4) is 0 Å². The minimum Gasteiger partial charge on any atom is -0.362 e. The summed E-state index contributed by atoms with van der Waals surface area (Å²) >= 11 is 1.40. The highest BCUT2D eigenvalue weighted by molar-refractivity contribution is 7.13. The number of anilines is 3. The van der Waals surface area contributed by atoms with Gasteiger partial charge >= 0.3 is 0 Å². The summed E-state index contributed by atoms with van der Waals surface area (Å²) in [5.41, 5.74) is 1.93. The minimum absolute atomic E-state index is 0.134. The molecule has 2 amide bonds. The fourth-order valence-electron chi connectivity index (χ4n) is 2.12. The molecular formula is C15H16N4O2S. The molecule has 2 N–H and O–H groups in total. The Labute approximate surface area is 132 Å². The van der Waals surface area contributed by atoms with E-state index >= 15 is 0 Å². The van der Waals surface area contributed by atoms with Gasteiger partial charge in [-0.2, -0.15) is 0 Å². The highest BCUT2D eigenvalue weighted by Gasteiger charge is 2.24. The molecule has 7 heteroatoms. The van der Waals surface area contributed by atoms with E-state index in [4.69, 9.17) is 0 Å². The predicted octanol–water partition coefficient (Wildman–Crippen LogP) is 2.56. The molecule has 0 saturated carbocycles. The number of hydrogen-bond acceptors (Lipinski definition) is 5. The molecule has 22 heavy (non-hydrogen) atoms. The molecule has 3 rings (SSSR count). The van der Waals surface area contributed by atoms with E-state index in [-0.39, 0.29) is 11.8 Å². The molecule has 0 aliphatic carbocycles. The van der Waals surface area contributed by atoms with Gasteiger partial charge < -0.3 is 15.5 Å². The highest BCUT2D eigenvalue weighted by Crippen LogP contribution is 2.24. The molecule has 1 fully saturated rings. The lowest BCUT2D eigenvalue weighted by Crippen LogP contribution is -2.43. The Morgan fingerprint density at radius 3 is 2.73 bits per heavy atom. The van der Waals surface area contributed by atoms with Gasteiger partial charge in [0.1, 0.15) is 5.69 Å². The molecule has 1 saturated heterocycles. The van der Waals surface area contributed by atoms with Gasteiger partial charge in [0.25, 0.3) is 5.91 Å². The molecule has 1 aliphatic rings. The number of amides is 2. The monoisotopic (exact) mass is 316 g/mol. The summed E-state index contributed by atoms with van der Waals surface area (Å²) in [5, 5.41) is 8.33. The SMILES string of the molecule is CCNc1nc(C(=O)Nc2ccc(N3CCC3=O)cc2)cs1. The van der Waals surface area contributed by atoms with Crippen molar-refractivity contribution in [1.82, 2.24) is 4.98 Å². The van der Waals surface area contributed by atoms with Crippen LogP contribution in [0.4, 0.5) is 16.5 Å². The van der Waals surface area contributed by atoms with Crippen LogP contribution < -0.4 is 15.5 Å². The van der Waals surface area contributed by atoms with Gasteiger partial charge in [-0.3, -0.25) is 9.59 Å². The number of thiazole rings is 1. The number of benzene rings is 1. The largest absolute Gasteiger partial charge is 0.362 e. The molecule has 1 aromatic carbocycles. The first-order valence-corrected chi connectivity index (χ1v) is 7.96. The van der Waals surface area contributed by atoms with Gasteiger partial charge in [-0.1, -0.05) is 0 Å². The maximum Gasteiger partial charge on any atom is 0.275 e. The third kappa shape index (κ3) is 2.94. The van der Waals surface area contributed by atoms with Gasteiger partial charge in [0.15, 0.2) is 5.13 Å². The summed E-state index contributed by atoms with van der Waals surface area (Å²) in [7, 11) is 0. The molecule has 2 heterocycles. The van der Waals surface area contributed by atoms with Crippen LogP contribution in [0.1, 0.15) is 23.8 Å². The van der Waals surface area contributed by atoms with E-state index in [1.54, 1.807) is 22.4 Å². The second kappa shape index (κ2) is 6.15. The number of hydrogen-bond donors (Lipinski definition) is 2. The van der Waals surface area contributed by atoms with Crippen LogP contribution in [0.2, 0.25) is 0 Å². The standard InChI is InChI=1S/C15H16N4O2S/c1-2-16-15-18-12(9-22-15)14(21)17-10-3-5-11(6-4-10)19-8-7-13(19)20/h3-6,9H,2,7-8H2,1H3,(H,16,18)(H,17,21). The van der Waals surface area contributed by atoms with Gasteiger partial charge in [-0.25, -0.2) is 4.98 Å². The van der Waals surface area contributed by atoms with E-state index in [1.807, 2.05) is 19.1 Å². The van der Waals surface area contributed by atoms with Crippen molar-refractivity contribution in [2.24, 2.45) is 0 Å². The first-order chi connectivity index (χ1) is 10.7. The minimum atomic E-state index is -0.242. The fourth-order valence-corrected chi connectivity index (χ4v) is 2.88. The number of rotatable bonds is 5. The van der Waals surface area contributed by atoms with E-state index in [9.17, 15) is 9.59 Å². The van der Waals surface area contributed by atoms with Crippen molar-refractivity contribution in [1.29, 1.82) is 0 Å². The summed E-state index contributed by atoms with van der Waals surface area (Å²) in [6, 6.07) is 7.24. The Kier molecular flexibility index (Phi) is 4.06. The van der Waals surface area contributed by atoms with Crippen molar-refractivity contribution in [2.45, 2.75) is 13.3 Å². The zero-order chi connectivity index (χ0) is 15.5. The average molecular weight is 316 g/mol. The first-order valence-electron chi connectivity index (χ1n) is 7.08. The van der Waals surface area contributed by atoms with Crippen molar-refractivity contribution in [2.75, 3.05) is 28.6 Å². The van der Waals surface area contributed by atoms with Gasteiger partial charge in [-0.05, 0) is 31.2 Å². The smallest absolute Gasteiger partial charge is 0.275 e. The Hall–Kier alpha value is -2.41. The van der Waals surface area contributed by atoms with Crippen molar-refractivity contribution >= 4 is 39.7 Å². The zero-order valence-electron chi connectivity index (χ0n) is 12.1. The molecule has 114 valence electrons. The Morgan fingerprint density at radius 1 is 1.36 bits per heavy atom. The molecular weight excluding hydrogens is 300 g/mol. The summed E-state index contributed by atoms with van der Waals surface area (Å²) in [4.78, 5) is 29.4. The quantitative estimate of drug-likeness (QED) is 0.831. The van der Waals surface area contributed by atoms with Gasteiger partial charge in [-0.15, -0.1) is 11.3 Å². The lowest BCUT2D eigenvalue weighted by atomic mass is 10.1. The Balaban J connectivity index is 1.64. The second-order valence-electron chi connectivity index (χ2n) is 4.86. The number of nitrogens with zero attached hydrogens (tertiary/aromatic N) is 2. The molecule has 0 radical (unpaired) electrons. The number of carbonyl (C=O) groups is 2. The molecule has 0 atom stereocenters. The lowest BCUT2D eigenvalue weighted by molar-refractivity contribution is -0.122. The normalized spacial score (nSPS) is 13.7. The molecule has 0 unspecified atom stereocenters. The van der Waals surface area contributed by atoms with E-state index < -0.39 is 0 Å². The molecule has 1 aliphatic heterocycles. The third-order valence-electron chi connectivity index (χ3n) is 3.35. The van der Waals surface area contributed by atoms with E-state index in [0.29, 0.717) is 17.8 Å². The molecule has 0 bridgehead atoms. The zero-order valence-corrected chi connectivity index (χ0v) is 12.9. The van der Waals surface area contributed by atoms with Crippen LogP contribution in [-0.4, -0.2) is 29.9 Å². The third-order valence-corrected chi connectivity index (χ3v) is 4.15. The highest BCUT2D eigenvalue weighted by atomic mass is 32.1. The number of β-lactam (4-membered cyclic amide) rings is 1. The number of nitrogens with one attached hydrogen (secondary N) is 2. The van der Waals surface area contributed by atoms with Crippen LogP contribution >= 0.6 is 11.3 Å². The maximum absolute atomic E-state index is 12.1. The predicted molar refractivity (Wildman–Crippen MR) is 87.6 cm³/mol. The van der Waals surface area contributed by atoms with Crippen LogP contribution in [0.15, 0.2) is 29.6 Å². The van der Waals surface area contributed by atoms with Gasteiger partial charge in [0, 0.05) is 36.3 Å². The van der Waals surface area contributed by atoms with Crippen molar-refractivity contribution in [3.05, 3.63) is 35.3 Å². The Bertz CT molecular complexity index is 696. The summed E-state index contributed by atoms with van der Waals surface area (Å²) in [6.07, 6.45) is 0.608. The van der Waals surface area contributed by atoms with Crippen molar-refractivity contribution in [3.8, 4) is 0 Å². The molecule has 6 nitrogen and oxygen atoms in total. The van der Waals surface area contributed by atoms with Crippen molar-refractivity contribution in [3.63, 3.8) is 0 Å². The maximum atomic E-state index is 12.1.